The number of non-ortho nitro benzene ring substituents is 1. The fraction of sp³-hybridized carbons (Fsp3) is 0.0476. The molecular formula is C21H16FN3O5. The molecule has 0 aliphatic heterocycles. The molecular weight excluding hydrogens is 393 g/mol. The zero-order valence-corrected chi connectivity index (χ0v) is 15.7. The Kier molecular flexibility index (Phi) is 6.33. The summed E-state index contributed by atoms with van der Waals surface area (Å²) in [6.45, 7) is 0. The molecule has 0 fully saturated rings. The van der Waals surface area contributed by atoms with Crippen molar-refractivity contribution in [3.63, 3.8) is 0 Å². The Labute approximate surface area is 170 Å². The van der Waals surface area contributed by atoms with Crippen molar-refractivity contribution in [1.82, 2.24) is 0 Å². The summed E-state index contributed by atoms with van der Waals surface area (Å²) >= 11 is 0. The van der Waals surface area contributed by atoms with Gasteiger partial charge in [-0.15, -0.1) is 0 Å². The molecule has 0 amide bonds. The number of halogens is 1. The van der Waals surface area contributed by atoms with Crippen molar-refractivity contribution in [3.05, 3.63) is 93.8 Å². The highest BCUT2D eigenvalue weighted by molar-refractivity contribution is 5.92. The van der Waals surface area contributed by atoms with Gasteiger partial charge in [0.2, 0.25) is 0 Å². The molecule has 3 rings (SSSR count). The van der Waals surface area contributed by atoms with E-state index >= 15 is 0 Å². The monoisotopic (exact) mass is 409 g/mol. The zero-order chi connectivity index (χ0) is 21.5. The average Bonchev–Trinajstić information content (AvgIpc) is 2.75. The van der Waals surface area contributed by atoms with Crippen molar-refractivity contribution in [1.29, 1.82) is 0 Å². The van der Waals surface area contributed by atoms with Crippen LogP contribution in [-0.2, 0) is 0 Å². The molecule has 0 saturated carbocycles. The number of anilines is 1. The van der Waals surface area contributed by atoms with Crippen LogP contribution in [0.3, 0.4) is 0 Å². The highest BCUT2D eigenvalue weighted by atomic mass is 19.1. The predicted octanol–water partition coefficient (Wildman–Crippen LogP) is 4.41. The SMILES string of the molecule is COc1cc(/C=N/Nc2ccc([N+](=O)[O-])cc2)ccc1OC(=O)c1ccccc1F. The highest BCUT2D eigenvalue weighted by Gasteiger charge is 2.16. The number of nitro groups is 1. The minimum atomic E-state index is -0.840. The zero-order valence-electron chi connectivity index (χ0n) is 15.7. The third-order valence-corrected chi connectivity index (χ3v) is 3.97. The van der Waals surface area contributed by atoms with E-state index in [0.29, 0.717) is 11.3 Å². The normalized spacial score (nSPS) is 10.6. The van der Waals surface area contributed by atoms with E-state index in [4.69, 9.17) is 9.47 Å². The van der Waals surface area contributed by atoms with Gasteiger partial charge >= 0.3 is 5.97 Å². The van der Waals surface area contributed by atoms with E-state index in [1.807, 2.05) is 0 Å². The Hall–Kier alpha value is -4.27. The summed E-state index contributed by atoms with van der Waals surface area (Å²) in [6.07, 6.45) is 1.49. The Bertz CT molecular complexity index is 1100. The number of hydrogen-bond donors (Lipinski definition) is 1. The molecule has 0 heterocycles. The molecule has 0 aliphatic rings. The second-order valence-electron chi connectivity index (χ2n) is 5.95. The fourth-order valence-corrected chi connectivity index (χ4v) is 2.47. The van der Waals surface area contributed by atoms with E-state index < -0.39 is 16.7 Å². The number of nitrogens with zero attached hydrogens (tertiary/aromatic N) is 2. The van der Waals surface area contributed by atoms with Gasteiger partial charge in [-0.2, -0.15) is 5.10 Å². The molecule has 0 atom stereocenters. The van der Waals surface area contributed by atoms with Crippen molar-refractivity contribution in [2.24, 2.45) is 5.10 Å². The number of hydrogen-bond acceptors (Lipinski definition) is 7. The summed E-state index contributed by atoms with van der Waals surface area (Å²) in [7, 11) is 1.41. The molecule has 9 heteroatoms. The third-order valence-electron chi connectivity index (χ3n) is 3.97. The van der Waals surface area contributed by atoms with E-state index in [0.717, 1.165) is 0 Å². The second kappa shape index (κ2) is 9.28. The van der Waals surface area contributed by atoms with E-state index in [1.54, 1.807) is 12.1 Å². The van der Waals surface area contributed by atoms with Gasteiger partial charge in [0.1, 0.15) is 5.82 Å². The van der Waals surface area contributed by atoms with Crippen molar-refractivity contribution in [2.45, 2.75) is 0 Å². The summed E-state index contributed by atoms with van der Waals surface area (Å²) in [6, 6.07) is 16.0. The predicted molar refractivity (Wildman–Crippen MR) is 109 cm³/mol. The van der Waals surface area contributed by atoms with Gasteiger partial charge in [-0.25, -0.2) is 9.18 Å². The molecule has 0 aliphatic carbocycles. The lowest BCUT2D eigenvalue weighted by Crippen LogP contribution is -2.11. The summed E-state index contributed by atoms with van der Waals surface area (Å²) in [5.74, 6) is -1.12. The molecule has 3 aromatic carbocycles. The third kappa shape index (κ3) is 4.96. The van der Waals surface area contributed by atoms with Gasteiger partial charge in [-0.3, -0.25) is 15.5 Å². The summed E-state index contributed by atoms with van der Waals surface area (Å²) < 4.78 is 24.2. The van der Waals surface area contributed by atoms with Crippen molar-refractivity contribution < 1.29 is 23.6 Å². The van der Waals surface area contributed by atoms with E-state index in [-0.39, 0.29) is 22.7 Å². The minimum Gasteiger partial charge on any atom is -0.493 e. The van der Waals surface area contributed by atoms with E-state index in [2.05, 4.69) is 10.5 Å². The van der Waals surface area contributed by atoms with Crippen LogP contribution in [0.15, 0.2) is 71.8 Å². The lowest BCUT2D eigenvalue weighted by Gasteiger charge is -2.10. The quantitative estimate of drug-likeness (QED) is 0.204. The maximum absolute atomic E-state index is 13.7. The van der Waals surface area contributed by atoms with Gasteiger partial charge in [0, 0.05) is 12.1 Å². The molecule has 0 spiro atoms. The number of rotatable bonds is 7. The van der Waals surface area contributed by atoms with Crippen LogP contribution in [0.5, 0.6) is 11.5 Å². The molecule has 0 unspecified atom stereocenters. The van der Waals surface area contributed by atoms with Crippen LogP contribution < -0.4 is 14.9 Å². The lowest BCUT2D eigenvalue weighted by atomic mass is 10.2. The van der Waals surface area contributed by atoms with Crippen LogP contribution in [0, 0.1) is 15.9 Å². The molecule has 0 aromatic heterocycles. The van der Waals surface area contributed by atoms with Gasteiger partial charge in [0.15, 0.2) is 11.5 Å². The summed E-state index contributed by atoms with van der Waals surface area (Å²) in [5, 5.41) is 14.7. The first kappa shape index (κ1) is 20.5. The number of ether oxygens (including phenoxy) is 2. The van der Waals surface area contributed by atoms with Crippen LogP contribution in [-0.4, -0.2) is 24.2 Å². The van der Waals surface area contributed by atoms with Gasteiger partial charge in [0.25, 0.3) is 5.69 Å². The van der Waals surface area contributed by atoms with E-state index in [1.165, 1.54) is 67.9 Å². The molecule has 30 heavy (non-hydrogen) atoms. The molecule has 1 N–H and O–H groups in total. The molecule has 0 radical (unpaired) electrons. The van der Waals surface area contributed by atoms with Crippen molar-refractivity contribution >= 4 is 23.6 Å². The first-order chi connectivity index (χ1) is 14.5. The molecule has 0 saturated heterocycles. The maximum atomic E-state index is 13.7. The standard InChI is InChI=1S/C21H16FN3O5/c1-29-20-12-14(13-23-24-15-7-9-16(10-8-15)25(27)28)6-11-19(20)30-21(26)17-4-2-3-5-18(17)22/h2-13,24H,1H3/b23-13+. The molecule has 3 aromatic rings. The largest absolute Gasteiger partial charge is 0.493 e. The smallest absolute Gasteiger partial charge is 0.346 e. The van der Waals surface area contributed by atoms with Crippen LogP contribution in [0.4, 0.5) is 15.8 Å². The molecule has 0 bridgehead atoms. The molecule has 8 nitrogen and oxygen atoms in total. The van der Waals surface area contributed by atoms with Crippen LogP contribution in [0.2, 0.25) is 0 Å². The Morgan fingerprint density at radius 1 is 1.10 bits per heavy atom. The fourth-order valence-electron chi connectivity index (χ4n) is 2.47. The first-order valence-electron chi connectivity index (χ1n) is 8.66. The number of esters is 1. The maximum Gasteiger partial charge on any atom is 0.346 e. The van der Waals surface area contributed by atoms with Gasteiger partial charge in [-0.1, -0.05) is 12.1 Å². The number of hydrazone groups is 1. The number of nitrogens with one attached hydrogen (secondary N) is 1. The summed E-state index contributed by atoms with van der Waals surface area (Å²) in [5.41, 5.74) is 3.75. The van der Waals surface area contributed by atoms with Crippen molar-refractivity contribution in [2.75, 3.05) is 12.5 Å². The number of carbonyl (C=O) groups is 1. The van der Waals surface area contributed by atoms with Gasteiger partial charge < -0.3 is 9.47 Å². The van der Waals surface area contributed by atoms with Gasteiger partial charge in [-0.05, 0) is 48.0 Å². The van der Waals surface area contributed by atoms with Crippen LogP contribution in [0.1, 0.15) is 15.9 Å². The molecule has 152 valence electrons. The topological polar surface area (TPSA) is 103 Å². The number of benzene rings is 3. The summed E-state index contributed by atoms with van der Waals surface area (Å²) in [4.78, 5) is 22.4. The van der Waals surface area contributed by atoms with Crippen molar-refractivity contribution in [3.8, 4) is 11.5 Å². The Balaban J connectivity index is 1.69. The van der Waals surface area contributed by atoms with E-state index in [9.17, 15) is 19.3 Å². The second-order valence-corrected chi connectivity index (χ2v) is 5.95. The number of nitro benzene ring substituents is 1. The average molecular weight is 409 g/mol. The lowest BCUT2D eigenvalue weighted by molar-refractivity contribution is -0.384. The first-order valence-corrected chi connectivity index (χ1v) is 8.66. The minimum absolute atomic E-state index is 0.0187. The highest BCUT2D eigenvalue weighted by Crippen LogP contribution is 2.28. The Morgan fingerprint density at radius 2 is 1.83 bits per heavy atom. The van der Waals surface area contributed by atoms with Crippen LogP contribution >= 0.6 is 0 Å². The number of carbonyl (C=O) groups excluding carboxylic acids is 1. The number of methoxy groups -OCH3 is 1. The van der Waals surface area contributed by atoms with Crippen LogP contribution in [0.25, 0.3) is 0 Å². The van der Waals surface area contributed by atoms with Gasteiger partial charge in [0.05, 0.1) is 29.5 Å². The Morgan fingerprint density at radius 3 is 2.50 bits per heavy atom.